The first-order valence-corrected chi connectivity index (χ1v) is 6.34. The third-order valence-corrected chi connectivity index (χ3v) is 3.43. The lowest BCUT2D eigenvalue weighted by Crippen LogP contribution is -2.16. The first-order chi connectivity index (χ1) is 8.43. The van der Waals surface area contributed by atoms with Gasteiger partial charge in [-0.05, 0) is 18.9 Å². The molecule has 0 bridgehead atoms. The summed E-state index contributed by atoms with van der Waals surface area (Å²) < 4.78 is 11.1. The van der Waals surface area contributed by atoms with Crippen molar-refractivity contribution in [1.82, 2.24) is 10.3 Å². The number of halogens is 2. The number of pyridine rings is 1. The van der Waals surface area contributed by atoms with Crippen molar-refractivity contribution in [3.05, 3.63) is 23.4 Å². The number of nitrogens with zero attached hydrogens (tertiary/aromatic N) is 1. The minimum Gasteiger partial charge on any atom is -0.476 e. The van der Waals surface area contributed by atoms with Crippen molar-refractivity contribution in [3.63, 3.8) is 0 Å². The standard InChI is InChI=1S/C13H18N2O2.2ClH/c1-2-12(10-3-6-16-7-4-10)15-13-11(1)9-14-5-8-17-13;;/h1-2,10,14H,3-9H2;2*1H. The van der Waals surface area contributed by atoms with Crippen LogP contribution in [-0.2, 0) is 11.3 Å². The van der Waals surface area contributed by atoms with E-state index in [2.05, 4.69) is 22.4 Å². The Morgan fingerprint density at radius 2 is 1.89 bits per heavy atom. The smallest absolute Gasteiger partial charge is 0.218 e. The summed E-state index contributed by atoms with van der Waals surface area (Å²) in [6.45, 7) is 4.16. The number of fused-ring (bicyclic) bond motifs is 1. The molecule has 2 aliphatic heterocycles. The van der Waals surface area contributed by atoms with E-state index < -0.39 is 0 Å². The lowest BCUT2D eigenvalue weighted by atomic mass is 9.95. The van der Waals surface area contributed by atoms with Crippen molar-refractivity contribution in [2.75, 3.05) is 26.4 Å². The first kappa shape index (κ1) is 16.5. The quantitative estimate of drug-likeness (QED) is 0.864. The van der Waals surface area contributed by atoms with Crippen molar-refractivity contribution >= 4 is 24.8 Å². The van der Waals surface area contributed by atoms with Crippen molar-refractivity contribution in [2.24, 2.45) is 0 Å². The monoisotopic (exact) mass is 306 g/mol. The summed E-state index contributed by atoms with van der Waals surface area (Å²) in [7, 11) is 0. The molecule has 2 aliphatic rings. The molecule has 0 unspecified atom stereocenters. The van der Waals surface area contributed by atoms with Gasteiger partial charge in [-0.3, -0.25) is 0 Å². The van der Waals surface area contributed by atoms with Gasteiger partial charge in [-0.2, -0.15) is 0 Å². The van der Waals surface area contributed by atoms with Gasteiger partial charge in [0.1, 0.15) is 6.61 Å². The molecule has 0 aliphatic carbocycles. The lowest BCUT2D eigenvalue weighted by molar-refractivity contribution is 0.0843. The molecule has 3 rings (SSSR count). The Morgan fingerprint density at radius 1 is 1.11 bits per heavy atom. The molecule has 1 saturated heterocycles. The predicted octanol–water partition coefficient (Wildman–Crippen LogP) is 2.30. The third-order valence-electron chi connectivity index (χ3n) is 3.43. The summed E-state index contributed by atoms with van der Waals surface area (Å²) in [5.74, 6) is 1.35. The number of aromatic nitrogens is 1. The molecule has 3 heterocycles. The Labute approximate surface area is 126 Å². The van der Waals surface area contributed by atoms with Gasteiger partial charge in [-0.15, -0.1) is 24.8 Å². The largest absolute Gasteiger partial charge is 0.476 e. The van der Waals surface area contributed by atoms with Crippen LogP contribution in [0.15, 0.2) is 12.1 Å². The summed E-state index contributed by atoms with van der Waals surface area (Å²) in [6, 6.07) is 4.29. The van der Waals surface area contributed by atoms with Gasteiger partial charge in [0.2, 0.25) is 5.88 Å². The zero-order valence-electron chi connectivity index (χ0n) is 10.8. The van der Waals surface area contributed by atoms with Crippen molar-refractivity contribution in [2.45, 2.75) is 25.3 Å². The number of nitrogens with one attached hydrogen (secondary N) is 1. The Morgan fingerprint density at radius 3 is 2.68 bits per heavy atom. The summed E-state index contributed by atoms with van der Waals surface area (Å²) in [5.41, 5.74) is 2.33. The van der Waals surface area contributed by atoms with Crippen LogP contribution in [0.3, 0.4) is 0 Å². The highest BCUT2D eigenvalue weighted by Crippen LogP contribution is 2.28. The van der Waals surface area contributed by atoms with E-state index in [-0.39, 0.29) is 24.8 Å². The molecule has 0 aromatic carbocycles. The van der Waals surface area contributed by atoms with Gasteiger partial charge in [0.25, 0.3) is 0 Å². The molecule has 0 radical (unpaired) electrons. The van der Waals surface area contributed by atoms with E-state index in [4.69, 9.17) is 9.47 Å². The molecular weight excluding hydrogens is 287 g/mol. The minimum absolute atomic E-state index is 0. The van der Waals surface area contributed by atoms with Crippen LogP contribution in [0.1, 0.15) is 30.0 Å². The van der Waals surface area contributed by atoms with E-state index in [9.17, 15) is 0 Å². The molecule has 6 heteroatoms. The predicted molar refractivity (Wildman–Crippen MR) is 78.7 cm³/mol. The molecule has 1 aromatic rings. The van der Waals surface area contributed by atoms with Gasteiger partial charge < -0.3 is 14.8 Å². The normalized spacial score (nSPS) is 19.2. The number of hydrogen-bond donors (Lipinski definition) is 1. The topological polar surface area (TPSA) is 43.4 Å². The van der Waals surface area contributed by atoms with Crippen molar-refractivity contribution in [1.29, 1.82) is 0 Å². The van der Waals surface area contributed by atoms with Crippen LogP contribution in [0.4, 0.5) is 0 Å². The molecule has 1 aromatic heterocycles. The van der Waals surface area contributed by atoms with Gasteiger partial charge in [0.05, 0.1) is 0 Å². The second kappa shape index (κ2) is 7.90. The van der Waals surface area contributed by atoms with Gasteiger partial charge >= 0.3 is 0 Å². The van der Waals surface area contributed by atoms with E-state index in [1.54, 1.807) is 0 Å². The van der Waals surface area contributed by atoms with E-state index in [1.165, 1.54) is 5.56 Å². The van der Waals surface area contributed by atoms with Crippen LogP contribution >= 0.6 is 24.8 Å². The maximum Gasteiger partial charge on any atom is 0.218 e. The summed E-state index contributed by atoms with van der Waals surface area (Å²) >= 11 is 0. The highest BCUT2D eigenvalue weighted by Gasteiger charge is 2.19. The molecule has 0 spiro atoms. The fourth-order valence-electron chi connectivity index (χ4n) is 2.41. The Bertz CT molecular complexity index is 398. The van der Waals surface area contributed by atoms with Crippen LogP contribution in [0.5, 0.6) is 5.88 Å². The Hall–Kier alpha value is -0.550. The second-order valence-electron chi connectivity index (χ2n) is 4.61. The average Bonchev–Trinajstić information content (AvgIpc) is 2.64. The van der Waals surface area contributed by atoms with Crippen molar-refractivity contribution in [3.8, 4) is 5.88 Å². The first-order valence-electron chi connectivity index (χ1n) is 6.34. The fraction of sp³-hybridized carbons (Fsp3) is 0.615. The van der Waals surface area contributed by atoms with Gasteiger partial charge in [0.15, 0.2) is 0 Å². The second-order valence-corrected chi connectivity index (χ2v) is 4.61. The van der Waals surface area contributed by atoms with Crippen molar-refractivity contribution < 1.29 is 9.47 Å². The van der Waals surface area contributed by atoms with Gasteiger partial charge in [-0.1, -0.05) is 6.07 Å². The van der Waals surface area contributed by atoms with Crippen LogP contribution in [0.2, 0.25) is 0 Å². The molecule has 108 valence electrons. The van der Waals surface area contributed by atoms with E-state index in [0.717, 1.165) is 50.7 Å². The summed E-state index contributed by atoms with van der Waals surface area (Å²) in [5, 5.41) is 3.32. The van der Waals surface area contributed by atoms with Gasteiger partial charge in [-0.25, -0.2) is 4.98 Å². The van der Waals surface area contributed by atoms with Crippen LogP contribution < -0.4 is 10.1 Å². The molecule has 0 amide bonds. The zero-order chi connectivity index (χ0) is 11.5. The molecule has 0 saturated carbocycles. The van der Waals surface area contributed by atoms with E-state index in [0.29, 0.717) is 12.5 Å². The van der Waals surface area contributed by atoms with E-state index in [1.807, 2.05) is 0 Å². The minimum atomic E-state index is 0. The van der Waals surface area contributed by atoms with Crippen LogP contribution in [0, 0.1) is 0 Å². The summed E-state index contributed by atoms with van der Waals surface area (Å²) in [4.78, 5) is 4.68. The molecule has 1 N–H and O–H groups in total. The fourth-order valence-corrected chi connectivity index (χ4v) is 2.41. The maximum atomic E-state index is 5.68. The SMILES string of the molecule is Cl.Cl.c1cc2c(nc1C1CCOCC1)OCCNC2. The molecular formula is C13H20Cl2N2O2. The Kier molecular flexibility index (Phi) is 6.86. The Balaban J connectivity index is 0.000000902. The maximum absolute atomic E-state index is 5.68. The van der Waals surface area contributed by atoms with Gasteiger partial charge in [0, 0.05) is 43.5 Å². The lowest BCUT2D eigenvalue weighted by Gasteiger charge is -2.22. The zero-order valence-corrected chi connectivity index (χ0v) is 12.4. The highest BCUT2D eigenvalue weighted by molar-refractivity contribution is 5.85. The van der Waals surface area contributed by atoms with Crippen LogP contribution in [-0.4, -0.2) is 31.3 Å². The summed E-state index contributed by atoms with van der Waals surface area (Å²) in [6.07, 6.45) is 2.15. The van der Waals surface area contributed by atoms with Crippen LogP contribution in [0.25, 0.3) is 0 Å². The van der Waals surface area contributed by atoms with E-state index >= 15 is 0 Å². The molecule has 1 fully saturated rings. The third kappa shape index (κ3) is 3.96. The highest BCUT2D eigenvalue weighted by atomic mass is 35.5. The number of rotatable bonds is 1. The molecule has 4 nitrogen and oxygen atoms in total. The number of hydrogen-bond acceptors (Lipinski definition) is 4. The average molecular weight is 307 g/mol. The molecule has 0 atom stereocenters. The number of ether oxygens (including phenoxy) is 2. The molecule has 19 heavy (non-hydrogen) atoms.